The molecule has 0 aliphatic rings. The Kier molecular flexibility index (Phi) is 39.8. The molecule has 0 aromatic carbocycles. The zero-order valence-electron chi connectivity index (χ0n) is 36.4. The first-order valence-corrected chi connectivity index (χ1v) is 23.8. The predicted octanol–water partition coefficient (Wildman–Crippen LogP) is 16.7. The molecule has 2 heteroatoms. The molecule has 0 spiro atoms. The molecule has 0 aliphatic carbocycles. The zero-order valence-corrected chi connectivity index (χ0v) is 36.4. The summed E-state index contributed by atoms with van der Waals surface area (Å²) in [6, 6.07) is 0.694. The van der Waals surface area contributed by atoms with Gasteiger partial charge < -0.3 is 10.2 Å². The van der Waals surface area contributed by atoms with Crippen molar-refractivity contribution in [1.29, 1.82) is 0 Å². The molecule has 0 heterocycles. The Morgan fingerprint density at radius 2 is 0.804 bits per heavy atom. The summed E-state index contributed by atoms with van der Waals surface area (Å²) < 4.78 is 0. The van der Waals surface area contributed by atoms with Gasteiger partial charge in [-0.25, -0.2) is 0 Å². The van der Waals surface area contributed by atoms with E-state index < -0.39 is 0 Å². The highest BCUT2D eigenvalue weighted by Gasteiger charge is 2.19. The minimum Gasteiger partial charge on any atom is -0.372 e. The first-order chi connectivity index (χ1) is 25.0. The molecule has 0 aromatic heterocycles. The van der Waals surface area contributed by atoms with E-state index >= 15 is 0 Å². The summed E-state index contributed by atoms with van der Waals surface area (Å²) >= 11 is 0. The SMILES string of the molecule is C=C(CCCCCCCCCCC(CCCCCCCCCCC)N(CCCNC)C(=C)CCCCCCCC)C(CCCC)CCCCCC. The van der Waals surface area contributed by atoms with Crippen LogP contribution in [0.4, 0.5) is 0 Å². The van der Waals surface area contributed by atoms with Gasteiger partial charge in [-0.3, -0.25) is 0 Å². The highest BCUT2D eigenvalue weighted by atomic mass is 15.2. The van der Waals surface area contributed by atoms with Crippen LogP contribution in [0, 0.1) is 5.92 Å². The van der Waals surface area contributed by atoms with Gasteiger partial charge in [0, 0.05) is 18.3 Å². The first kappa shape index (κ1) is 50.2. The number of hydrogen-bond acceptors (Lipinski definition) is 2. The number of unbranched alkanes of at least 4 members (excludes halogenated alkanes) is 24. The van der Waals surface area contributed by atoms with Crippen molar-refractivity contribution in [3.8, 4) is 0 Å². The Balaban J connectivity index is 4.70. The lowest BCUT2D eigenvalue weighted by atomic mass is 9.86. The predicted molar refractivity (Wildman–Crippen MR) is 235 cm³/mol. The number of hydrogen-bond donors (Lipinski definition) is 1. The highest BCUT2D eigenvalue weighted by molar-refractivity contribution is 5.00. The highest BCUT2D eigenvalue weighted by Crippen LogP contribution is 2.28. The third kappa shape index (κ3) is 32.4. The fraction of sp³-hybridized carbons (Fsp3) is 0.918. The summed E-state index contributed by atoms with van der Waals surface area (Å²) in [5.41, 5.74) is 3.02. The fourth-order valence-corrected chi connectivity index (χ4v) is 8.24. The van der Waals surface area contributed by atoms with Crippen LogP contribution in [-0.2, 0) is 0 Å². The van der Waals surface area contributed by atoms with Gasteiger partial charge in [-0.05, 0) is 77.3 Å². The molecule has 2 unspecified atom stereocenters. The molecule has 0 radical (unpaired) electrons. The monoisotopic (exact) mass is 715 g/mol. The summed E-state index contributed by atoms with van der Waals surface area (Å²) in [5.74, 6) is 0.790. The maximum Gasteiger partial charge on any atom is 0.0286 e. The molecule has 0 rings (SSSR count). The van der Waals surface area contributed by atoms with E-state index in [2.05, 4.69) is 51.5 Å². The number of nitrogens with one attached hydrogen (secondary N) is 1. The molecular weight excluding hydrogens is 617 g/mol. The minimum absolute atomic E-state index is 0.694. The standard InChI is InChI=1S/C49H98N2/c1-8-12-16-19-21-22-26-30-35-42-49(51(45-37-44-50-7)47(6)39-33-29-20-17-13-9-2)43-36-31-27-24-23-25-28-32-38-46(5)48(40-15-11-4)41-34-18-14-10-3/h48-50H,5-6,8-45H2,1-4,7H3. The molecular formula is C49H98N2. The third-order valence-electron chi connectivity index (χ3n) is 11.8. The van der Waals surface area contributed by atoms with E-state index in [4.69, 9.17) is 6.58 Å². The second-order valence-corrected chi connectivity index (χ2v) is 16.7. The van der Waals surface area contributed by atoms with Crippen LogP contribution in [-0.4, -0.2) is 31.1 Å². The zero-order chi connectivity index (χ0) is 37.5. The van der Waals surface area contributed by atoms with Gasteiger partial charge in [0.15, 0.2) is 0 Å². The molecule has 0 aromatic rings. The maximum atomic E-state index is 4.73. The van der Waals surface area contributed by atoms with Crippen LogP contribution in [0.1, 0.15) is 259 Å². The smallest absolute Gasteiger partial charge is 0.0286 e. The third-order valence-corrected chi connectivity index (χ3v) is 11.8. The maximum absolute atomic E-state index is 4.73. The lowest BCUT2D eigenvalue weighted by Crippen LogP contribution is -2.36. The van der Waals surface area contributed by atoms with Gasteiger partial charge in [0.2, 0.25) is 0 Å². The molecule has 0 saturated carbocycles. The van der Waals surface area contributed by atoms with Crippen molar-refractivity contribution < 1.29 is 0 Å². The van der Waals surface area contributed by atoms with Crippen LogP contribution in [0.3, 0.4) is 0 Å². The van der Waals surface area contributed by atoms with Crippen LogP contribution >= 0.6 is 0 Å². The minimum atomic E-state index is 0.694. The average molecular weight is 715 g/mol. The normalized spacial score (nSPS) is 12.7. The largest absolute Gasteiger partial charge is 0.372 e. The van der Waals surface area contributed by atoms with Crippen LogP contribution in [0.25, 0.3) is 0 Å². The Morgan fingerprint density at radius 3 is 1.27 bits per heavy atom. The summed E-state index contributed by atoms with van der Waals surface area (Å²) in [4.78, 5) is 2.81. The van der Waals surface area contributed by atoms with E-state index in [0.717, 1.165) is 12.5 Å². The Bertz CT molecular complexity index is 713. The molecule has 2 atom stereocenters. The molecule has 0 fully saturated rings. The molecule has 304 valence electrons. The quantitative estimate of drug-likeness (QED) is 0.0500. The van der Waals surface area contributed by atoms with E-state index in [1.165, 1.54) is 243 Å². The van der Waals surface area contributed by atoms with E-state index in [9.17, 15) is 0 Å². The lowest BCUT2D eigenvalue weighted by Gasteiger charge is -2.36. The Hall–Kier alpha value is -0.760. The first-order valence-electron chi connectivity index (χ1n) is 23.8. The summed E-state index contributed by atoms with van der Waals surface area (Å²) in [5, 5.41) is 3.41. The second kappa shape index (κ2) is 40.4. The van der Waals surface area contributed by atoms with Gasteiger partial charge in [0.05, 0.1) is 0 Å². The molecule has 51 heavy (non-hydrogen) atoms. The summed E-state index contributed by atoms with van der Waals surface area (Å²) in [6.07, 6.45) is 49.8. The van der Waals surface area contributed by atoms with Crippen LogP contribution in [0.5, 0.6) is 0 Å². The second-order valence-electron chi connectivity index (χ2n) is 16.7. The van der Waals surface area contributed by atoms with E-state index in [1.807, 2.05) is 0 Å². The Morgan fingerprint density at radius 1 is 0.431 bits per heavy atom. The van der Waals surface area contributed by atoms with E-state index in [-0.39, 0.29) is 0 Å². The molecule has 0 saturated heterocycles. The van der Waals surface area contributed by atoms with Gasteiger partial charge in [-0.2, -0.15) is 0 Å². The van der Waals surface area contributed by atoms with E-state index in [0.29, 0.717) is 6.04 Å². The van der Waals surface area contributed by atoms with Crippen molar-refractivity contribution in [3.05, 3.63) is 24.4 Å². The van der Waals surface area contributed by atoms with Gasteiger partial charge in [0.1, 0.15) is 0 Å². The number of allylic oxidation sites excluding steroid dienone is 2. The average Bonchev–Trinajstić information content (AvgIpc) is 3.13. The van der Waals surface area contributed by atoms with Gasteiger partial charge >= 0.3 is 0 Å². The number of rotatable bonds is 43. The van der Waals surface area contributed by atoms with Gasteiger partial charge in [-0.15, -0.1) is 0 Å². The van der Waals surface area contributed by atoms with Crippen molar-refractivity contribution in [2.75, 3.05) is 20.1 Å². The van der Waals surface area contributed by atoms with Crippen LogP contribution < -0.4 is 5.32 Å². The van der Waals surface area contributed by atoms with Gasteiger partial charge in [0.25, 0.3) is 0 Å². The van der Waals surface area contributed by atoms with Crippen molar-refractivity contribution in [1.82, 2.24) is 10.2 Å². The lowest BCUT2D eigenvalue weighted by molar-refractivity contribution is 0.209. The molecule has 0 amide bonds. The van der Waals surface area contributed by atoms with E-state index in [1.54, 1.807) is 5.57 Å². The molecule has 1 N–H and O–H groups in total. The molecule has 0 bridgehead atoms. The Labute approximate surface area is 324 Å². The van der Waals surface area contributed by atoms with Crippen molar-refractivity contribution >= 4 is 0 Å². The van der Waals surface area contributed by atoms with Crippen LogP contribution in [0.15, 0.2) is 24.4 Å². The molecule has 2 nitrogen and oxygen atoms in total. The van der Waals surface area contributed by atoms with Gasteiger partial charge in [-0.1, -0.05) is 220 Å². The van der Waals surface area contributed by atoms with Crippen LogP contribution in [0.2, 0.25) is 0 Å². The van der Waals surface area contributed by atoms with Crippen molar-refractivity contribution in [2.45, 2.75) is 265 Å². The number of nitrogens with zero attached hydrogens (tertiary/aromatic N) is 1. The summed E-state index contributed by atoms with van der Waals surface area (Å²) in [6.45, 7) is 20.9. The van der Waals surface area contributed by atoms with Crippen molar-refractivity contribution in [2.24, 2.45) is 5.92 Å². The fourth-order valence-electron chi connectivity index (χ4n) is 8.24. The van der Waals surface area contributed by atoms with Crippen molar-refractivity contribution in [3.63, 3.8) is 0 Å². The topological polar surface area (TPSA) is 15.3 Å². The summed E-state index contributed by atoms with van der Waals surface area (Å²) in [7, 11) is 2.10. The molecule has 0 aliphatic heterocycles.